The average molecular weight is 298 g/mol. The predicted molar refractivity (Wildman–Crippen MR) is 76.9 cm³/mol. The molecule has 1 atom stereocenters. The molecule has 1 aromatic carbocycles. The number of benzene rings is 1. The Morgan fingerprint density at radius 1 is 1.14 bits per heavy atom. The number of hydrogen-bond acceptors (Lipinski definition) is 4. The van der Waals surface area contributed by atoms with Crippen LogP contribution in [0.5, 0.6) is 0 Å². The van der Waals surface area contributed by atoms with Crippen LogP contribution >= 0.6 is 0 Å². The van der Waals surface area contributed by atoms with E-state index in [1.807, 2.05) is 0 Å². The zero-order valence-corrected chi connectivity index (χ0v) is 11.8. The first kappa shape index (κ1) is 14.2. The van der Waals surface area contributed by atoms with Crippen molar-refractivity contribution in [1.29, 1.82) is 0 Å². The van der Waals surface area contributed by atoms with Crippen molar-refractivity contribution in [3.63, 3.8) is 0 Å². The number of carbonyl (C=O) groups is 4. The van der Waals surface area contributed by atoms with Crippen molar-refractivity contribution < 1.29 is 19.2 Å². The van der Waals surface area contributed by atoms with E-state index in [9.17, 15) is 19.2 Å². The Hall–Kier alpha value is -2.76. The highest BCUT2D eigenvalue weighted by Crippen LogP contribution is 2.36. The van der Waals surface area contributed by atoms with E-state index in [0.717, 1.165) is 4.90 Å². The second kappa shape index (κ2) is 4.91. The summed E-state index contributed by atoms with van der Waals surface area (Å²) < 4.78 is 0. The Morgan fingerprint density at radius 3 is 2.23 bits per heavy atom. The number of nitrogens with zero attached hydrogens (tertiary/aromatic N) is 1. The number of nitrogens with one attached hydrogen (secondary N) is 1. The summed E-state index contributed by atoms with van der Waals surface area (Å²) in [6, 6.07) is 6.45. The smallest absolute Gasteiger partial charge is 0.262 e. The molecule has 1 N–H and O–H groups in total. The average Bonchev–Trinajstić information content (AvgIpc) is 2.76. The van der Waals surface area contributed by atoms with Gasteiger partial charge in [0.05, 0.1) is 11.1 Å². The summed E-state index contributed by atoms with van der Waals surface area (Å²) >= 11 is 0. The molecule has 3 rings (SSSR count). The first-order valence-corrected chi connectivity index (χ1v) is 6.94. The van der Waals surface area contributed by atoms with E-state index in [0.29, 0.717) is 0 Å². The minimum Gasteiger partial charge on any atom is -0.294 e. The molecule has 0 radical (unpaired) electrons. The van der Waals surface area contributed by atoms with Gasteiger partial charge < -0.3 is 0 Å². The van der Waals surface area contributed by atoms with Gasteiger partial charge >= 0.3 is 0 Å². The molecule has 2 aliphatic rings. The maximum atomic E-state index is 12.6. The molecule has 1 aromatic rings. The van der Waals surface area contributed by atoms with Gasteiger partial charge in [-0.15, -0.1) is 6.58 Å². The summed E-state index contributed by atoms with van der Waals surface area (Å²) in [5.41, 5.74) is -0.829. The fourth-order valence-electron chi connectivity index (χ4n) is 3.06. The van der Waals surface area contributed by atoms with Gasteiger partial charge in [0, 0.05) is 6.42 Å². The number of piperidine rings is 1. The lowest BCUT2D eigenvalue weighted by Gasteiger charge is -2.40. The first-order chi connectivity index (χ1) is 10.5. The Labute approximate surface area is 126 Å². The van der Waals surface area contributed by atoms with Crippen LogP contribution in [0.3, 0.4) is 0 Å². The SMILES string of the molecule is C=CC[C@@]1(N2C(=O)c3ccccc3C2=O)CCC(=O)NC1=O. The Kier molecular flexibility index (Phi) is 3.16. The third-order valence-electron chi connectivity index (χ3n) is 4.15. The lowest BCUT2D eigenvalue weighted by atomic mass is 9.83. The van der Waals surface area contributed by atoms with Crippen molar-refractivity contribution in [1.82, 2.24) is 10.2 Å². The van der Waals surface area contributed by atoms with Crippen molar-refractivity contribution in [2.24, 2.45) is 0 Å². The van der Waals surface area contributed by atoms with Crippen LogP contribution in [-0.4, -0.2) is 34.1 Å². The van der Waals surface area contributed by atoms with Crippen LogP contribution in [0.4, 0.5) is 0 Å². The molecule has 0 aromatic heterocycles. The number of fused-ring (bicyclic) bond motifs is 1. The summed E-state index contributed by atoms with van der Waals surface area (Å²) in [5, 5.41) is 2.23. The fourth-order valence-corrected chi connectivity index (χ4v) is 3.06. The highest BCUT2D eigenvalue weighted by Gasteiger charge is 2.54. The second-order valence-corrected chi connectivity index (χ2v) is 5.39. The van der Waals surface area contributed by atoms with Crippen LogP contribution in [0.2, 0.25) is 0 Å². The number of hydrogen-bond donors (Lipinski definition) is 1. The molecular formula is C16H14N2O4. The summed E-state index contributed by atoms with van der Waals surface area (Å²) in [6.45, 7) is 3.61. The van der Waals surface area contributed by atoms with E-state index in [1.54, 1.807) is 24.3 Å². The van der Waals surface area contributed by atoms with Gasteiger partial charge in [-0.25, -0.2) is 0 Å². The van der Waals surface area contributed by atoms with E-state index < -0.39 is 29.2 Å². The maximum Gasteiger partial charge on any atom is 0.262 e. The number of amides is 4. The minimum atomic E-state index is -1.39. The van der Waals surface area contributed by atoms with Crippen molar-refractivity contribution in [3.8, 4) is 0 Å². The fraction of sp³-hybridized carbons (Fsp3) is 0.250. The Morgan fingerprint density at radius 2 is 1.73 bits per heavy atom. The molecule has 112 valence electrons. The van der Waals surface area contributed by atoms with Crippen LogP contribution in [0.1, 0.15) is 40.0 Å². The summed E-state index contributed by atoms with van der Waals surface area (Å²) in [6.07, 6.45) is 1.78. The molecule has 4 amide bonds. The zero-order valence-electron chi connectivity index (χ0n) is 11.8. The summed E-state index contributed by atoms with van der Waals surface area (Å²) in [4.78, 5) is 50.1. The molecular weight excluding hydrogens is 284 g/mol. The van der Waals surface area contributed by atoms with Crippen molar-refractivity contribution in [2.45, 2.75) is 24.8 Å². The predicted octanol–water partition coefficient (Wildman–Crippen LogP) is 1.03. The lowest BCUT2D eigenvalue weighted by Crippen LogP contribution is -2.64. The van der Waals surface area contributed by atoms with Gasteiger partial charge in [-0.2, -0.15) is 0 Å². The Balaban J connectivity index is 2.10. The highest BCUT2D eigenvalue weighted by atomic mass is 16.2. The monoisotopic (exact) mass is 298 g/mol. The lowest BCUT2D eigenvalue weighted by molar-refractivity contribution is -0.141. The van der Waals surface area contributed by atoms with Gasteiger partial charge in [-0.05, 0) is 25.0 Å². The van der Waals surface area contributed by atoms with Gasteiger partial charge in [0.25, 0.3) is 17.7 Å². The molecule has 22 heavy (non-hydrogen) atoms. The molecule has 0 aliphatic carbocycles. The van der Waals surface area contributed by atoms with Gasteiger partial charge in [0.1, 0.15) is 5.54 Å². The van der Waals surface area contributed by atoms with E-state index in [4.69, 9.17) is 0 Å². The maximum absolute atomic E-state index is 12.6. The van der Waals surface area contributed by atoms with E-state index in [1.165, 1.54) is 6.08 Å². The molecule has 6 nitrogen and oxygen atoms in total. The number of carbonyl (C=O) groups excluding carboxylic acids is 4. The van der Waals surface area contributed by atoms with Crippen molar-refractivity contribution >= 4 is 23.6 Å². The molecule has 1 saturated heterocycles. The van der Waals surface area contributed by atoms with Crippen LogP contribution in [-0.2, 0) is 9.59 Å². The molecule has 0 bridgehead atoms. The van der Waals surface area contributed by atoms with Gasteiger partial charge in [-0.1, -0.05) is 18.2 Å². The third kappa shape index (κ3) is 1.80. The van der Waals surface area contributed by atoms with Gasteiger partial charge in [0.2, 0.25) is 5.91 Å². The molecule has 0 unspecified atom stereocenters. The van der Waals surface area contributed by atoms with E-state index in [-0.39, 0.29) is 30.4 Å². The van der Waals surface area contributed by atoms with Crippen LogP contribution in [0, 0.1) is 0 Å². The normalized spacial score (nSPS) is 24.3. The molecule has 0 spiro atoms. The van der Waals surface area contributed by atoms with Crippen LogP contribution in [0.25, 0.3) is 0 Å². The number of rotatable bonds is 3. The highest BCUT2D eigenvalue weighted by molar-refractivity contribution is 6.24. The topological polar surface area (TPSA) is 83.6 Å². The Bertz CT molecular complexity index is 690. The third-order valence-corrected chi connectivity index (χ3v) is 4.15. The molecule has 0 saturated carbocycles. The largest absolute Gasteiger partial charge is 0.294 e. The van der Waals surface area contributed by atoms with E-state index >= 15 is 0 Å². The van der Waals surface area contributed by atoms with Gasteiger partial charge in [0.15, 0.2) is 0 Å². The quantitative estimate of drug-likeness (QED) is 0.667. The first-order valence-electron chi connectivity index (χ1n) is 6.94. The summed E-state index contributed by atoms with van der Waals surface area (Å²) in [7, 11) is 0. The minimum absolute atomic E-state index is 0.0764. The van der Waals surface area contributed by atoms with Crippen molar-refractivity contribution in [2.75, 3.05) is 0 Å². The molecule has 1 fully saturated rings. The van der Waals surface area contributed by atoms with Gasteiger partial charge in [-0.3, -0.25) is 29.4 Å². The van der Waals surface area contributed by atoms with Crippen LogP contribution in [0.15, 0.2) is 36.9 Å². The van der Waals surface area contributed by atoms with Crippen molar-refractivity contribution in [3.05, 3.63) is 48.0 Å². The molecule has 2 aliphatic heterocycles. The second-order valence-electron chi connectivity index (χ2n) is 5.39. The molecule has 2 heterocycles. The molecule has 6 heteroatoms. The zero-order chi connectivity index (χ0) is 15.9. The van der Waals surface area contributed by atoms with Crippen LogP contribution < -0.4 is 5.32 Å². The standard InChI is InChI=1S/C16H14N2O4/c1-2-8-16(9-7-12(19)17-15(16)22)18-13(20)10-5-3-4-6-11(10)14(18)21/h2-6H,1,7-9H2,(H,17,19,22)/t16-/m1/s1. The van der Waals surface area contributed by atoms with E-state index in [2.05, 4.69) is 11.9 Å². The summed E-state index contributed by atoms with van der Waals surface area (Å²) in [5.74, 6) is -2.04. The number of imide groups is 2.